The second-order valence-electron chi connectivity index (χ2n) is 7.44. The Labute approximate surface area is 162 Å². The maximum Gasteiger partial charge on any atom is 0.255 e. The third-order valence-electron chi connectivity index (χ3n) is 5.53. The smallest absolute Gasteiger partial charge is 0.255 e. The van der Waals surface area contributed by atoms with Crippen molar-refractivity contribution in [1.29, 1.82) is 0 Å². The number of rotatable bonds is 5. The van der Waals surface area contributed by atoms with Gasteiger partial charge in [0.2, 0.25) is 0 Å². The fourth-order valence-electron chi connectivity index (χ4n) is 3.66. The minimum absolute atomic E-state index is 0.160. The van der Waals surface area contributed by atoms with Gasteiger partial charge in [-0.1, -0.05) is 36.4 Å². The van der Waals surface area contributed by atoms with E-state index >= 15 is 0 Å². The van der Waals surface area contributed by atoms with Gasteiger partial charge in [0.05, 0.1) is 10.9 Å². The van der Waals surface area contributed by atoms with Crippen molar-refractivity contribution in [2.45, 2.75) is 38.3 Å². The van der Waals surface area contributed by atoms with Crippen LogP contribution in [0, 0.1) is 6.92 Å². The predicted molar refractivity (Wildman–Crippen MR) is 107 cm³/mol. The highest BCUT2D eigenvalue weighted by Gasteiger charge is 2.36. The van der Waals surface area contributed by atoms with E-state index in [0.717, 1.165) is 12.0 Å². The molecule has 1 aliphatic rings. The molecule has 28 heavy (non-hydrogen) atoms. The van der Waals surface area contributed by atoms with Gasteiger partial charge in [0, 0.05) is 17.7 Å². The molecule has 1 heterocycles. The van der Waals surface area contributed by atoms with Gasteiger partial charge < -0.3 is 9.73 Å². The van der Waals surface area contributed by atoms with Crippen molar-refractivity contribution in [1.82, 2.24) is 5.32 Å². The van der Waals surface area contributed by atoms with Crippen LogP contribution in [0.15, 0.2) is 57.7 Å². The van der Waals surface area contributed by atoms with Gasteiger partial charge in [0.15, 0.2) is 11.0 Å². The lowest BCUT2D eigenvalue weighted by Crippen LogP contribution is -2.37. The lowest BCUT2D eigenvalue weighted by molar-refractivity contribution is 0.0534. The van der Waals surface area contributed by atoms with Crippen LogP contribution < -0.4 is 10.7 Å². The normalized spacial score (nSPS) is 15.2. The van der Waals surface area contributed by atoms with E-state index in [1.807, 2.05) is 30.3 Å². The number of alkyl halides is 1. The molecule has 5 heteroatoms. The molecule has 144 valence electrons. The standard InChI is InChI=1S/C23H22FNO3/c1-15-19(26)17-9-5-10-18(22(27)25-14-13-23(24)11-6-12-23)21(17)28-20(15)16-7-3-2-4-8-16/h2-5,7-10H,6,11-14H2,1H3,(H,25,27). The molecule has 0 atom stereocenters. The van der Waals surface area contributed by atoms with Crippen LogP contribution in [-0.4, -0.2) is 18.1 Å². The van der Waals surface area contributed by atoms with Crippen LogP contribution in [0.2, 0.25) is 0 Å². The monoisotopic (exact) mass is 379 g/mol. The van der Waals surface area contributed by atoms with Crippen molar-refractivity contribution in [2.75, 3.05) is 6.54 Å². The molecule has 4 nitrogen and oxygen atoms in total. The SMILES string of the molecule is Cc1c(-c2ccccc2)oc2c(C(=O)NCCC3(F)CCC3)cccc2c1=O. The Morgan fingerprint density at radius 2 is 1.89 bits per heavy atom. The van der Waals surface area contributed by atoms with E-state index in [4.69, 9.17) is 4.42 Å². The largest absolute Gasteiger partial charge is 0.455 e. The molecule has 1 aromatic heterocycles. The second-order valence-corrected chi connectivity index (χ2v) is 7.44. The van der Waals surface area contributed by atoms with Crippen molar-refractivity contribution < 1.29 is 13.6 Å². The lowest BCUT2D eigenvalue weighted by Gasteiger charge is -2.33. The summed E-state index contributed by atoms with van der Waals surface area (Å²) in [5, 5.41) is 3.13. The number of para-hydroxylation sites is 1. The van der Waals surface area contributed by atoms with E-state index in [2.05, 4.69) is 5.32 Å². The molecule has 1 fully saturated rings. The Bertz CT molecular complexity index is 1080. The predicted octanol–water partition coefficient (Wildman–Crippen LogP) is 4.78. The molecule has 3 aromatic rings. The summed E-state index contributed by atoms with van der Waals surface area (Å²) in [6, 6.07) is 14.3. The van der Waals surface area contributed by atoms with Crippen molar-refractivity contribution in [3.8, 4) is 11.3 Å². The Morgan fingerprint density at radius 3 is 2.57 bits per heavy atom. The molecule has 0 saturated heterocycles. The third kappa shape index (κ3) is 3.33. The molecular weight excluding hydrogens is 357 g/mol. The van der Waals surface area contributed by atoms with Gasteiger partial charge in [-0.25, -0.2) is 4.39 Å². The molecule has 0 bridgehead atoms. The molecule has 1 aliphatic carbocycles. The first kappa shape index (κ1) is 18.4. The number of hydrogen-bond acceptors (Lipinski definition) is 3. The van der Waals surface area contributed by atoms with Crippen molar-refractivity contribution in [2.24, 2.45) is 0 Å². The number of carbonyl (C=O) groups is 1. The number of carbonyl (C=O) groups excluding carboxylic acids is 1. The summed E-state index contributed by atoms with van der Waals surface area (Å²) in [5.74, 6) is 0.0927. The van der Waals surface area contributed by atoms with Crippen LogP contribution in [0.1, 0.15) is 41.6 Å². The highest BCUT2D eigenvalue weighted by Crippen LogP contribution is 2.38. The molecule has 1 N–H and O–H groups in total. The maximum atomic E-state index is 14.1. The number of benzene rings is 2. The van der Waals surface area contributed by atoms with E-state index < -0.39 is 5.67 Å². The first-order chi connectivity index (χ1) is 13.5. The molecule has 0 radical (unpaired) electrons. The zero-order chi connectivity index (χ0) is 19.7. The van der Waals surface area contributed by atoms with Gasteiger partial charge >= 0.3 is 0 Å². The molecule has 0 aliphatic heterocycles. The van der Waals surface area contributed by atoms with Gasteiger partial charge in [0.1, 0.15) is 11.4 Å². The summed E-state index contributed by atoms with van der Waals surface area (Å²) < 4.78 is 20.2. The average Bonchev–Trinajstić information content (AvgIpc) is 2.69. The van der Waals surface area contributed by atoms with Gasteiger partial charge in [0.25, 0.3) is 5.91 Å². The van der Waals surface area contributed by atoms with Gasteiger partial charge in [-0.3, -0.25) is 9.59 Å². The number of halogens is 1. The minimum atomic E-state index is -1.14. The maximum absolute atomic E-state index is 14.1. The molecular formula is C23H22FNO3. The first-order valence-corrected chi connectivity index (χ1v) is 9.57. The van der Waals surface area contributed by atoms with Crippen molar-refractivity contribution in [3.05, 3.63) is 69.9 Å². The Hall–Kier alpha value is -2.95. The Kier molecular flexibility index (Phi) is 4.75. The molecule has 4 rings (SSSR count). The molecule has 0 spiro atoms. The summed E-state index contributed by atoms with van der Waals surface area (Å²) in [6.45, 7) is 1.98. The number of amides is 1. The quantitative estimate of drug-likeness (QED) is 0.694. The van der Waals surface area contributed by atoms with E-state index in [1.165, 1.54) is 0 Å². The zero-order valence-electron chi connectivity index (χ0n) is 15.8. The van der Waals surface area contributed by atoms with Crippen LogP contribution in [0.25, 0.3) is 22.3 Å². The minimum Gasteiger partial charge on any atom is -0.455 e. The lowest BCUT2D eigenvalue weighted by atomic mass is 9.79. The average molecular weight is 379 g/mol. The number of fused-ring (bicyclic) bond motifs is 1. The van der Waals surface area contributed by atoms with Crippen LogP contribution in [0.5, 0.6) is 0 Å². The van der Waals surface area contributed by atoms with Gasteiger partial charge in [-0.05, 0) is 44.7 Å². The topological polar surface area (TPSA) is 59.3 Å². The molecule has 1 amide bonds. The fraction of sp³-hybridized carbons (Fsp3) is 0.304. The highest BCUT2D eigenvalue weighted by atomic mass is 19.1. The number of nitrogens with one attached hydrogen (secondary N) is 1. The van der Waals surface area contributed by atoms with Crippen LogP contribution in [0.4, 0.5) is 4.39 Å². The van der Waals surface area contributed by atoms with Crippen LogP contribution in [-0.2, 0) is 0 Å². The van der Waals surface area contributed by atoms with E-state index in [9.17, 15) is 14.0 Å². The van der Waals surface area contributed by atoms with Gasteiger partial charge in [-0.2, -0.15) is 0 Å². The van der Waals surface area contributed by atoms with E-state index in [-0.39, 0.29) is 29.0 Å². The highest BCUT2D eigenvalue weighted by molar-refractivity contribution is 6.05. The molecule has 1 saturated carbocycles. The van der Waals surface area contributed by atoms with Crippen LogP contribution >= 0.6 is 0 Å². The zero-order valence-corrected chi connectivity index (χ0v) is 15.8. The van der Waals surface area contributed by atoms with Crippen molar-refractivity contribution in [3.63, 3.8) is 0 Å². The first-order valence-electron chi connectivity index (χ1n) is 9.57. The summed E-state index contributed by atoms with van der Waals surface area (Å²) >= 11 is 0. The number of hydrogen-bond donors (Lipinski definition) is 1. The van der Waals surface area contributed by atoms with Gasteiger partial charge in [-0.15, -0.1) is 0 Å². The fourth-order valence-corrected chi connectivity index (χ4v) is 3.66. The van der Waals surface area contributed by atoms with Crippen LogP contribution in [0.3, 0.4) is 0 Å². The van der Waals surface area contributed by atoms with Crippen molar-refractivity contribution >= 4 is 16.9 Å². The third-order valence-corrected chi connectivity index (χ3v) is 5.53. The summed E-state index contributed by atoms with van der Waals surface area (Å²) in [4.78, 5) is 25.5. The summed E-state index contributed by atoms with van der Waals surface area (Å²) in [5.41, 5.74) is 0.517. The molecule has 0 unspecified atom stereocenters. The Morgan fingerprint density at radius 1 is 1.14 bits per heavy atom. The summed E-state index contributed by atoms with van der Waals surface area (Å²) in [7, 11) is 0. The molecule has 2 aromatic carbocycles. The Balaban J connectivity index is 1.69. The van der Waals surface area contributed by atoms with E-state index in [1.54, 1.807) is 25.1 Å². The van der Waals surface area contributed by atoms with E-state index in [0.29, 0.717) is 36.0 Å². The second kappa shape index (κ2) is 7.23. The summed E-state index contributed by atoms with van der Waals surface area (Å²) in [6.07, 6.45) is 2.33.